The molecule has 0 unspecified atom stereocenters. The molecule has 0 aromatic heterocycles. The first-order chi connectivity index (χ1) is 5.66. The molecule has 0 rings (SSSR count). The summed E-state index contributed by atoms with van der Waals surface area (Å²) < 4.78 is 4.78. The van der Waals surface area contributed by atoms with Crippen molar-refractivity contribution in [1.82, 2.24) is 0 Å². The number of nitrogens with two attached hydrogens (primary N) is 2. The van der Waals surface area contributed by atoms with Gasteiger partial charge in [0, 0.05) is 0 Å². The molecule has 12 heavy (non-hydrogen) atoms. The Morgan fingerprint density at radius 2 is 2.17 bits per heavy atom. The van der Waals surface area contributed by atoms with E-state index in [2.05, 4.69) is 4.99 Å². The van der Waals surface area contributed by atoms with Crippen LogP contribution in [-0.2, 0) is 9.53 Å². The number of carbonyl (C=O) groups is 1. The average Bonchev–Trinajstić information content (AvgIpc) is 2.00. The second-order valence-corrected chi connectivity index (χ2v) is 2.28. The number of hydrogen-bond acceptors (Lipinski definition) is 3. The standard InChI is InChI=1S/C7H15N3O2/c1-2-5-12-6(11)3-4-10-7(8)9/h2-5H2,1H3,(H4,8,9,10). The van der Waals surface area contributed by atoms with Crippen LogP contribution in [0, 0.1) is 0 Å². The first-order valence-corrected chi connectivity index (χ1v) is 3.87. The van der Waals surface area contributed by atoms with Gasteiger partial charge in [0.2, 0.25) is 0 Å². The number of guanidine groups is 1. The number of esters is 1. The van der Waals surface area contributed by atoms with Crippen molar-refractivity contribution in [3.8, 4) is 0 Å². The molecule has 0 spiro atoms. The lowest BCUT2D eigenvalue weighted by atomic mass is 10.4. The van der Waals surface area contributed by atoms with Crippen LogP contribution in [-0.4, -0.2) is 25.1 Å². The van der Waals surface area contributed by atoms with Crippen molar-refractivity contribution in [2.45, 2.75) is 19.8 Å². The molecule has 0 heterocycles. The fourth-order valence-electron chi connectivity index (χ4n) is 0.564. The Hall–Kier alpha value is -1.26. The van der Waals surface area contributed by atoms with Crippen LogP contribution in [0.4, 0.5) is 0 Å². The molecule has 0 saturated carbocycles. The third kappa shape index (κ3) is 6.85. The van der Waals surface area contributed by atoms with Crippen molar-refractivity contribution < 1.29 is 9.53 Å². The molecule has 0 aromatic rings. The van der Waals surface area contributed by atoms with Gasteiger partial charge in [-0.1, -0.05) is 6.92 Å². The Morgan fingerprint density at radius 1 is 1.50 bits per heavy atom. The van der Waals surface area contributed by atoms with Gasteiger partial charge < -0.3 is 16.2 Å². The molecule has 0 atom stereocenters. The maximum atomic E-state index is 10.8. The maximum Gasteiger partial charge on any atom is 0.307 e. The number of rotatable bonds is 5. The van der Waals surface area contributed by atoms with Gasteiger partial charge in [0.25, 0.3) is 0 Å². The van der Waals surface area contributed by atoms with Gasteiger partial charge in [-0.15, -0.1) is 0 Å². The molecular weight excluding hydrogens is 158 g/mol. The summed E-state index contributed by atoms with van der Waals surface area (Å²) >= 11 is 0. The van der Waals surface area contributed by atoms with E-state index in [0.717, 1.165) is 6.42 Å². The highest BCUT2D eigenvalue weighted by atomic mass is 16.5. The fraction of sp³-hybridized carbons (Fsp3) is 0.714. The summed E-state index contributed by atoms with van der Waals surface area (Å²) in [6.07, 6.45) is 1.06. The lowest BCUT2D eigenvalue weighted by molar-refractivity contribution is -0.143. The van der Waals surface area contributed by atoms with Gasteiger partial charge in [-0.25, -0.2) is 0 Å². The van der Waals surface area contributed by atoms with Crippen molar-refractivity contribution in [3.63, 3.8) is 0 Å². The Bertz CT molecular complexity index is 164. The van der Waals surface area contributed by atoms with Crippen molar-refractivity contribution >= 4 is 11.9 Å². The zero-order chi connectivity index (χ0) is 9.40. The highest BCUT2D eigenvalue weighted by Gasteiger charge is 1.99. The molecule has 0 fully saturated rings. The predicted molar refractivity (Wildman–Crippen MR) is 46.5 cm³/mol. The van der Waals surface area contributed by atoms with E-state index in [1.54, 1.807) is 0 Å². The van der Waals surface area contributed by atoms with Crippen LogP contribution >= 0.6 is 0 Å². The third-order valence-corrected chi connectivity index (χ3v) is 1.08. The highest BCUT2D eigenvalue weighted by Crippen LogP contribution is 1.88. The van der Waals surface area contributed by atoms with E-state index in [-0.39, 0.29) is 18.3 Å². The van der Waals surface area contributed by atoms with Crippen LogP contribution in [0.2, 0.25) is 0 Å². The van der Waals surface area contributed by atoms with E-state index < -0.39 is 0 Å². The van der Waals surface area contributed by atoms with Crippen LogP contribution in [0.25, 0.3) is 0 Å². The second-order valence-electron chi connectivity index (χ2n) is 2.28. The van der Waals surface area contributed by atoms with Crippen LogP contribution in [0.1, 0.15) is 19.8 Å². The number of carbonyl (C=O) groups excluding carboxylic acids is 1. The summed E-state index contributed by atoms with van der Waals surface area (Å²) in [7, 11) is 0. The second kappa shape index (κ2) is 6.45. The first-order valence-electron chi connectivity index (χ1n) is 3.87. The number of ether oxygens (including phenoxy) is 1. The lowest BCUT2D eigenvalue weighted by Crippen LogP contribution is -2.23. The van der Waals surface area contributed by atoms with Crippen LogP contribution < -0.4 is 11.5 Å². The van der Waals surface area contributed by atoms with Gasteiger partial charge in [0.05, 0.1) is 19.6 Å². The van der Waals surface area contributed by atoms with Crippen LogP contribution in [0.3, 0.4) is 0 Å². The molecule has 5 heteroatoms. The zero-order valence-corrected chi connectivity index (χ0v) is 7.25. The Morgan fingerprint density at radius 3 is 2.67 bits per heavy atom. The van der Waals surface area contributed by atoms with Gasteiger partial charge in [-0.3, -0.25) is 9.79 Å². The average molecular weight is 173 g/mol. The van der Waals surface area contributed by atoms with E-state index in [1.807, 2.05) is 6.92 Å². The monoisotopic (exact) mass is 173 g/mol. The molecule has 0 aliphatic carbocycles. The van der Waals surface area contributed by atoms with Gasteiger partial charge >= 0.3 is 5.97 Å². The summed E-state index contributed by atoms with van der Waals surface area (Å²) in [6.45, 7) is 2.69. The maximum absolute atomic E-state index is 10.8. The molecule has 0 aromatic carbocycles. The van der Waals surface area contributed by atoms with E-state index in [0.29, 0.717) is 13.2 Å². The number of hydrogen-bond donors (Lipinski definition) is 2. The summed E-state index contributed by atoms with van der Waals surface area (Å²) in [5.74, 6) is -0.264. The summed E-state index contributed by atoms with van der Waals surface area (Å²) in [4.78, 5) is 14.5. The van der Waals surface area contributed by atoms with Crippen molar-refractivity contribution in [2.24, 2.45) is 16.5 Å². The summed E-state index contributed by atoms with van der Waals surface area (Å²) in [6, 6.07) is 0. The SMILES string of the molecule is CCCOC(=O)CCN=C(N)N. The minimum atomic E-state index is -0.262. The molecule has 70 valence electrons. The molecule has 0 aliphatic rings. The molecule has 0 bridgehead atoms. The van der Waals surface area contributed by atoms with Gasteiger partial charge in [0.1, 0.15) is 0 Å². The molecular formula is C7H15N3O2. The fourth-order valence-corrected chi connectivity index (χ4v) is 0.564. The van der Waals surface area contributed by atoms with Gasteiger partial charge in [-0.05, 0) is 6.42 Å². The highest BCUT2D eigenvalue weighted by molar-refractivity contribution is 5.76. The van der Waals surface area contributed by atoms with E-state index in [1.165, 1.54) is 0 Å². The molecule has 0 radical (unpaired) electrons. The van der Waals surface area contributed by atoms with E-state index in [4.69, 9.17) is 16.2 Å². The smallest absolute Gasteiger partial charge is 0.307 e. The van der Waals surface area contributed by atoms with E-state index in [9.17, 15) is 4.79 Å². The minimum Gasteiger partial charge on any atom is -0.466 e. The summed E-state index contributed by atoms with van der Waals surface area (Å²) in [5.41, 5.74) is 10.1. The summed E-state index contributed by atoms with van der Waals surface area (Å²) in [5, 5.41) is 0. The number of nitrogens with zero attached hydrogens (tertiary/aromatic N) is 1. The Labute approximate surface area is 71.8 Å². The molecule has 5 nitrogen and oxygen atoms in total. The van der Waals surface area contributed by atoms with Gasteiger partial charge in [0.15, 0.2) is 5.96 Å². The van der Waals surface area contributed by atoms with Crippen molar-refractivity contribution in [2.75, 3.05) is 13.2 Å². The molecule has 0 amide bonds. The van der Waals surface area contributed by atoms with E-state index >= 15 is 0 Å². The van der Waals surface area contributed by atoms with Crippen LogP contribution in [0.15, 0.2) is 4.99 Å². The Kier molecular flexibility index (Phi) is 5.77. The zero-order valence-electron chi connectivity index (χ0n) is 7.25. The molecule has 0 saturated heterocycles. The number of aliphatic imine (C=N–C) groups is 1. The quantitative estimate of drug-likeness (QED) is 0.336. The topological polar surface area (TPSA) is 90.7 Å². The molecule has 0 aliphatic heterocycles. The third-order valence-electron chi connectivity index (χ3n) is 1.08. The predicted octanol–water partition coefficient (Wildman–Crippen LogP) is -0.397. The normalized spacial score (nSPS) is 9.08. The van der Waals surface area contributed by atoms with Crippen molar-refractivity contribution in [1.29, 1.82) is 0 Å². The van der Waals surface area contributed by atoms with Crippen molar-refractivity contribution in [3.05, 3.63) is 0 Å². The molecule has 4 N–H and O–H groups in total. The lowest BCUT2D eigenvalue weighted by Gasteiger charge is -2.00. The largest absolute Gasteiger partial charge is 0.466 e. The first kappa shape index (κ1) is 10.7. The minimum absolute atomic E-state index is 0.00158. The Balaban J connectivity index is 3.38. The van der Waals surface area contributed by atoms with Crippen LogP contribution in [0.5, 0.6) is 0 Å². The van der Waals surface area contributed by atoms with Gasteiger partial charge in [-0.2, -0.15) is 0 Å².